The first-order valence-electron chi connectivity index (χ1n) is 16.0. The molecule has 12 heteroatoms. The molecule has 0 saturated heterocycles. The summed E-state index contributed by atoms with van der Waals surface area (Å²) in [4.78, 5) is 50.8. The Kier molecular flexibility index (Phi) is 18.2. The van der Waals surface area contributed by atoms with Crippen LogP contribution >= 0.6 is 0 Å². The van der Waals surface area contributed by atoms with Gasteiger partial charge in [-0.1, -0.05) is 64.4 Å². The summed E-state index contributed by atoms with van der Waals surface area (Å²) in [5.74, 6) is -0.819. The van der Waals surface area contributed by atoms with Crippen molar-refractivity contribution in [2.75, 3.05) is 13.2 Å². The summed E-state index contributed by atoms with van der Waals surface area (Å²) in [6.45, 7) is 13.2. The molecule has 1 rings (SSSR count). The lowest BCUT2D eigenvalue weighted by molar-refractivity contribution is -0.128. The SMILES string of the molecule is CC[C@H](C)[C@@H](CO)NC(=O)C[C@H](O)[C@H](CC(C)C)NC(=O)[C@H](CCCCNC(=O)OC(C)(C)C)NC(=O)OCc1ccccc1. The van der Waals surface area contributed by atoms with Gasteiger partial charge in [-0.3, -0.25) is 9.59 Å². The van der Waals surface area contributed by atoms with Crippen LogP contribution in [0.2, 0.25) is 0 Å². The van der Waals surface area contributed by atoms with Crippen LogP contribution in [0.25, 0.3) is 0 Å². The second kappa shape index (κ2) is 20.6. The van der Waals surface area contributed by atoms with Crippen molar-refractivity contribution >= 4 is 24.0 Å². The van der Waals surface area contributed by atoms with E-state index in [4.69, 9.17) is 9.47 Å². The van der Waals surface area contributed by atoms with Gasteiger partial charge in [-0.05, 0) is 63.9 Å². The Morgan fingerprint density at radius 2 is 1.58 bits per heavy atom. The minimum absolute atomic E-state index is 0.0239. The van der Waals surface area contributed by atoms with Gasteiger partial charge in [-0.25, -0.2) is 9.59 Å². The van der Waals surface area contributed by atoms with Gasteiger partial charge in [0.1, 0.15) is 18.2 Å². The van der Waals surface area contributed by atoms with E-state index in [1.165, 1.54) is 0 Å². The van der Waals surface area contributed by atoms with Crippen molar-refractivity contribution in [3.63, 3.8) is 0 Å². The number of hydrogen-bond acceptors (Lipinski definition) is 8. The Morgan fingerprint density at radius 1 is 0.911 bits per heavy atom. The second-order valence-electron chi connectivity index (χ2n) is 12.9. The number of rotatable bonds is 19. The Morgan fingerprint density at radius 3 is 2.16 bits per heavy atom. The van der Waals surface area contributed by atoms with E-state index < -0.39 is 53.8 Å². The lowest BCUT2D eigenvalue weighted by Crippen LogP contribution is -2.54. The zero-order chi connectivity index (χ0) is 34.0. The highest BCUT2D eigenvalue weighted by atomic mass is 16.6. The predicted octanol–water partition coefficient (Wildman–Crippen LogP) is 3.78. The van der Waals surface area contributed by atoms with Crippen LogP contribution in [0.5, 0.6) is 0 Å². The number of aliphatic hydroxyl groups excluding tert-OH is 2. The zero-order valence-corrected chi connectivity index (χ0v) is 28.1. The van der Waals surface area contributed by atoms with Crippen molar-refractivity contribution in [1.82, 2.24) is 21.3 Å². The molecule has 4 amide bonds. The minimum atomic E-state index is -1.20. The fraction of sp³-hybridized carbons (Fsp3) is 0.697. The third-order valence-corrected chi connectivity index (χ3v) is 7.20. The highest BCUT2D eigenvalue weighted by molar-refractivity contribution is 5.86. The first-order valence-corrected chi connectivity index (χ1v) is 16.0. The maximum Gasteiger partial charge on any atom is 0.408 e. The van der Waals surface area contributed by atoms with Gasteiger partial charge in [0.05, 0.1) is 31.2 Å². The molecule has 0 aliphatic carbocycles. The molecule has 1 aromatic rings. The predicted molar refractivity (Wildman–Crippen MR) is 172 cm³/mol. The Labute approximate surface area is 268 Å². The normalized spacial score (nSPS) is 14.8. The van der Waals surface area contributed by atoms with E-state index in [2.05, 4.69) is 21.3 Å². The molecule has 0 aromatic heterocycles. The van der Waals surface area contributed by atoms with Crippen LogP contribution in [0, 0.1) is 11.8 Å². The van der Waals surface area contributed by atoms with Crippen molar-refractivity contribution in [2.45, 2.75) is 123 Å². The van der Waals surface area contributed by atoms with Crippen LogP contribution in [0.1, 0.15) is 92.6 Å². The molecule has 256 valence electrons. The van der Waals surface area contributed by atoms with Crippen LogP contribution in [-0.4, -0.2) is 77.2 Å². The Balaban J connectivity index is 2.90. The number of aliphatic hydroxyl groups is 2. The Bertz CT molecular complexity index is 1030. The van der Waals surface area contributed by atoms with Gasteiger partial charge in [0.2, 0.25) is 11.8 Å². The smallest absolute Gasteiger partial charge is 0.408 e. The number of carbonyl (C=O) groups is 4. The number of nitrogens with one attached hydrogen (secondary N) is 4. The van der Waals surface area contributed by atoms with Gasteiger partial charge in [-0.2, -0.15) is 0 Å². The summed E-state index contributed by atoms with van der Waals surface area (Å²) in [7, 11) is 0. The number of ether oxygens (including phenoxy) is 2. The number of alkyl carbamates (subject to hydrolysis) is 2. The largest absolute Gasteiger partial charge is 0.445 e. The molecule has 5 atom stereocenters. The van der Waals surface area contributed by atoms with E-state index >= 15 is 0 Å². The maximum absolute atomic E-state index is 13.5. The maximum atomic E-state index is 13.5. The number of unbranched alkanes of at least 4 members (excludes halogenated alkanes) is 1. The van der Waals surface area contributed by atoms with E-state index in [-0.39, 0.29) is 37.9 Å². The van der Waals surface area contributed by atoms with Crippen LogP contribution in [-0.2, 0) is 25.7 Å². The molecule has 0 aliphatic heterocycles. The topological polar surface area (TPSA) is 175 Å². The summed E-state index contributed by atoms with van der Waals surface area (Å²) in [6, 6.07) is 6.94. The molecule has 1 aromatic carbocycles. The molecule has 0 aliphatic rings. The highest BCUT2D eigenvalue weighted by Gasteiger charge is 2.30. The molecule has 0 radical (unpaired) electrons. The van der Waals surface area contributed by atoms with E-state index in [9.17, 15) is 29.4 Å². The average molecular weight is 637 g/mol. The van der Waals surface area contributed by atoms with Crippen molar-refractivity contribution in [1.29, 1.82) is 0 Å². The third kappa shape index (κ3) is 17.6. The van der Waals surface area contributed by atoms with Crippen molar-refractivity contribution in [2.24, 2.45) is 11.8 Å². The molecule has 0 bridgehead atoms. The fourth-order valence-corrected chi connectivity index (χ4v) is 4.51. The number of hydrogen-bond donors (Lipinski definition) is 6. The minimum Gasteiger partial charge on any atom is -0.445 e. The first kappa shape index (κ1) is 39.6. The molecule has 0 spiro atoms. The van der Waals surface area contributed by atoms with Gasteiger partial charge in [0.15, 0.2) is 0 Å². The summed E-state index contributed by atoms with van der Waals surface area (Å²) in [5.41, 5.74) is 0.167. The number of benzene rings is 1. The van der Waals surface area contributed by atoms with Crippen molar-refractivity contribution in [3.8, 4) is 0 Å². The quantitative estimate of drug-likeness (QED) is 0.124. The van der Waals surface area contributed by atoms with Crippen molar-refractivity contribution in [3.05, 3.63) is 35.9 Å². The highest BCUT2D eigenvalue weighted by Crippen LogP contribution is 2.14. The zero-order valence-electron chi connectivity index (χ0n) is 28.1. The van der Waals surface area contributed by atoms with Crippen LogP contribution in [0.4, 0.5) is 9.59 Å². The van der Waals surface area contributed by atoms with Gasteiger partial charge < -0.3 is 41.0 Å². The van der Waals surface area contributed by atoms with E-state index in [1.54, 1.807) is 20.8 Å². The molecule has 12 nitrogen and oxygen atoms in total. The van der Waals surface area contributed by atoms with E-state index in [0.29, 0.717) is 25.8 Å². The first-order chi connectivity index (χ1) is 21.1. The van der Waals surface area contributed by atoms with Gasteiger partial charge in [0, 0.05) is 6.54 Å². The number of carbonyl (C=O) groups excluding carboxylic acids is 4. The molecular formula is C33H56N4O8. The van der Waals surface area contributed by atoms with Crippen molar-refractivity contribution < 1.29 is 38.9 Å². The lowest BCUT2D eigenvalue weighted by Gasteiger charge is -2.29. The summed E-state index contributed by atoms with van der Waals surface area (Å²) in [5, 5.41) is 31.6. The van der Waals surface area contributed by atoms with Crippen LogP contribution < -0.4 is 21.3 Å². The average Bonchev–Trinajstić information content (AvgIpc) is 2.96. The monoisotopic (exact) mass is 636 g/mol. The molecule has 0 unspecified atom stereocenters. The van der Waals surface area contributed by atoms with Gasteiger partial charge in [-0.15, -0.1) is 0 Å². The van der Waals surface area contributed by atoms with Gasteiger partial charge >= 0.3 is 12.2 Å². The third-order valence-electron chi connectivity index (χ3n) is 7.20. The lowest BCUT2D eigenvalue weighted by atomic mass is 9.95. The van der Waals surface area contributed by atoms with E-state index in [1.807, 2.05) is 58.0 Å². The second-order valence-corrected chi connectivity index (χ2v) is 12.9. The molecular weight excluding hydrogens is 580 g/mol. The van der Waals surface area contributed by atoms with Crippen LogP contribution in [0.3, 0.4) is 0 Å². The fourth-order valence-electron chi connectivity index (χ4n) is 4.51. The molecule has 0 saturated carbocycles. The summed E-state index contributed by atoms with van der Waals surface area (Å²) >= 11 is 0. The molecule has 6 N–H and O–H groups in total. The van der Waals surface area contributed by atoms with Crippen LogP contribution in [0.15, 0.2) is 30.3 Å². The standard InChI is InChI=1S/C33H56N4O8/c1-8-23(4)27(20-38)35-29(40)19-28(39)26(18-22(2)3)36-30(41)25(16-12-13-17-34-31(42)45-33(5,6)7)37-32(43)44-21-24-14-10-9-11-15-24/h9-11,14-15,22-23,25-28,38-39H,8,12-13,16-21H2,1-7H3,(H,34,42)(H,35,40)(H,36,41)(H,37,43)/t23-,25-,26-,27+,28-/m0/s1. The molecule has 0 heterocycles. The molecule has 45 heavy (non-hydrogen) atoms. The summed E-state index contributed by atoms with van der Waals surface area (Å²) < 4.78 is 10.6. The summed E-state index contributed by atoms with van der Waals surface area (Å²) in [6.07, 6.45) is -0.390. The Hall–Kier alpha value is -3.38. The van der Waals surface area contributed by atoms with Gasteiger partial charge in [0.25, 0.3) is 0 Å². The number of amides is 4. The molecule has 0 fully saturated rings. The van der Waals surface area contributed by atoms with E-state index in [0.717, 1.165) is 12.0 Å².